The van der Waals surface area contributed by atoms with Crippen LogP contribution in [0.2, 0.25) is 0 Å². The van der Waals surface area contributed by atoms with Crippen molar-refractivity contribution in [2.75, 3.05) is 0 Å². The van der Waals surface area contributed by atoms with Gasteiger partial charge in [0, 0.05) is 17.1 Å². The van der Waals surface area contributed by atoms with Crippen LogP contribution in [-0.4, -0.2) is 22.2 Å². The van der Waals surface area contributed by atoms with Crippen molar-refractivity contribution in [2.24, 2.45) is 5.92 Å². The Hall–Kier alpha value is -2.57. The number of benzene rings is 1. The second-order valence-electron chi connectivity index (χ2n) is 9.06. The number of hydrogen-bond donors (Lipinski definition) is 1. The van der Waals surface area contributed by atoms with Crippen LogP contribution in [0.4, 0.5) is 17.6 Å². The largest absolute Gasteiger partial charge is 0.475 e. The summed E-state index contributed by atoms with van der Waals surface area (Å²) in [4.78, 5) is 7.24. The highest BCUT2D eigenvalue weighted by atomic mass is 19.4. The van der Waals surface area contributed by atoms with Crippen LogP contribution in [0.25, 0.3) is 10.9 Å². The predicted molar refractivity (Wildman–Crippen MR) is 114 cm³/mol. The van der Waals surface area contributed by atoms with Gasteiger partial charge in [-0.2, -0.15) is 13.2 Å². The van der Waals surface area contributed by atoms with E-state index in [1.54, 1.807) is 45.2 Å². The summed E-state index contributed by atoms with van der Waals surface area (Å²) in [6.07, 6.45) is -3.22. The van der Waals surface area contributed by atoms with Gasteiger partial charge < -0.3 is 9.72 Å². The van der Waals surface area contributed by atoms with Crippen LogP contribution in [0.15, 0.2) is 36.5 Å². The van der Waals surface area contributed by atoms with Gasteiger partial charge in [0.1, 0.15) is 5.82 Å². The summed E-state index contributed by atoms with van der Waals surface area (Å²) in [5.74, 6) is -1.60. The van der Waals surface area contributed by atoms with E-state index < -0.39 is 23.3 Å². The molecule has 1 N–H and O–H groups in total. The fourth-order valence-electron chi connectivity index (χ4n) is 4.11. The fraction of sp³-hybridized carbons (Fsp3) is 0.458. The Morgan fingerprint density at radius 2 is 1.81 bits per heavy atom. The zero-order chi connectivity index (χ0) is 23.0. The number of H-pyrrole nitrogens is 1. The van der Waals surface area contributed by atoms with Crippen LogP contribution in [0.1, 0.15) is 50.9 Å². The van der Waals surface area contributed by atoms with Gasteiger partial charge in [-0.3, -0.25) is 0 Å². The lowest BCUT2D eigenvalue weighted by Gasteiger charge is -2.32. The molecule has 0 aliphatic rings. The van der Waals surface area contributed by atoms with Crippen molar-refractivity contribution in [3.05, 3.63) is 59.2 Å². The van der Waals surface area contributed by atoms with E-state index >= 15 is 0 Å². The van der Waals surface area contributed by atoms with Gasteiger partial charge in [0.15, 0.2) is 0 Å². The summed E-state index contributed by atoms with van der Waals surface area (Å²) in [5, 5.41) is 0.752. The monoisotopic (exact) mass is 436 g/mol. The minimum absolute atomic E-state index is 0.0496. The molecule has 2 heterocycles. The Morgan fingerprint density at radius 3 is 2.45 bits per heavy atom. The maximum Gasteiger partial charge on any atom is 0.392 e. The third-order valence-electron chi connectivity index (χ3n) is 5.51. The summed E-state index contributed by atoms with van der Waals surface area (Å²) in [6.45, 7) is 9.02. The first kappa shape index (κ1) is 23.1. The van der Waals surface area contributed by atoms with Crippen molar-refractivity contribution in [2.45, 2.75) is 65.2 Å². The smallest absolute Gasteiger partial charge is 0.392 e. The van der Waals surface area contributed by atoms with Crippen LogP contribution in [0.5, 0.6) is 5.88 Å². The van der Waals surface area contributed by atoms with Crippen LogP contribution < -0.4 is 4.74 Å². The number of nitrogens with zero attached hydrogens (tertiary/aromatic N) is 1. The Bertz CT molecular complexity index is 1050. The minimum Gasteiger partial charge on any atom is -0.475 e. The molecule has 0 bridgehead atoms. The number of pyridine rings is 1. The number of rotatable bonds is 7. The van der Waals surface area contributed by atoms with Crippen LogP contribution in [0, 0.1) is 18.7 Å². The molecule has 0 spiro atoms. The molecule has 3 nitrogen and oxygen atoms in total. The minimum atomic E-state index is -4.39. The number of aryl methyl sites for hydroxylation is 1. The molecule has 0 aliphatic heterocycles. The van der Waals surface area contributed by atoms with Gasteiger partial charge in [-0.25, -0.2) is 9.37 Å². The molecule has 0 aliphatic carbocycles. The first-order valence-electron chi connectivity index (χ1n) is 10.3. The highest BCUT2D eigenvalue weighted by Crippen LogP contribution is 2.41. The van der Waals surface area contributed by atoms with Gasteiger partial charge >= 0.3 is 6.18 Å². The Kier molecular flexibility index (Phi) is 6.35. The quantitative estimate of drug-likeness (QED) is 0.410. The molecular formula is C24H28F4N2O. The SMILES string of the molecule is Cc1ccc(F)cc1C(C)(C)CC(Cc1cc2cc(OC(C)C)ncc2[nH]1)C(F)(F)F. The summed E-state index contributed by atoms with van der Waals surface area (Å²) in [6, 6.07) is 7.71. The van der Waals surface area contributed by atoms with Crippen LogP contribution in [0.3, 0.4) is 0 Å². The number of halogens is 4. The Labute approximate surface area is 179 Å². The lowest BCUT2D eigenvalue weighted by atomic mass is 9.74. The van der Waals surface area contributed by atoms with Crippen molar-refractivity contribution in [1.29, 1.82) is 0 Å². The van der Waals surface area contributed by atoms with E-state index in [1.165, 1.54) is 12.1 Å². The predicted octanol–water partition coefficient (Wildman–Crippen LogP) is 6.89. The molecule has 1 aromatic carbocycles. The number of aromatic amines is 1. The van der Waals surface area contributed by atoms with Gasteiger partial charge in [0.2, 0.25) is 5.88 Å². The van der Waals surface area contributed by atoms with E-state index in [1.807, 2.05) is 13.8 Å². The number of nitrogens with one attached hydrogen (secondary N) is 1. The number of aromatic nitrogens is 2. The fourth-order valence-corrected chi connectivity index (χ4v) is 4.11. The van der Waals surface area contributed by atoms with Gasteiger partial charge in [-0.15, -0.1) is 0 Å². The van der Waals surface area contributed by atoms with Crippen molar-refractivity contribution in [1.82, 2.24) is 9.97 Å². The third-order valence-corrected chi connectivity index (χ3v) is 5.51. The Balaban J connectivity index is 1.87. The van der Waals surface area contributed by atoms with Crippen molar-refractivity contribution < 1.29 is 22.3 Å². The second-order valence-corrected chi connectivity index (χ2v) is 9.06. The highest BCUT2D eigenvalue weighted by molar-refractivity contribution is 5.80. The van der Waals surface area contributed by atoms with E-state index in [0.717, 1.165) is 10.9 Å². The highest BCUT2D eigenvalue weighted by Gasteiger charge is 2.43. The van der Waals surface area contributed by atoms with Crippen molar-refractivity contribution in [3.63, 3.8) is 0 Å². The molecule has 0 amide bonds. The Morgan fingerprint density at radius 1 is 1.10 bits per heavy atom. The molecule has 0 radical (unpaired) electrons. The molecule has 31 heavy (non-hydrogen) atoms. The number of fused-ring (bicyclic) bond motifs is 1. The number of ether oxygens (including phenoxy) is 1. The number of alkyl halides is 3. The van der Waals surface area contributed by atoms with Gasteiger partial charge in [-0.05, 0) is 68.4 Å². The summed E-state index contributed by atoms with van der Waals surface area (Å²) >= 11 is 0. The second kappa shape index (κ2) is 8.52. The lowest BCUT2D eigenvalue weighted by Crippen LogP contribution is -2.33. The van der Waals surface area contributed by atoms with Crippen LogP contribution >= 0.6 is 0 Å². The molecule has 0 fully saturated rings. The number of hydrogen-bond acceptors (Lipinski definition) is 2. The van der Waals surface area contributed by atoms with E-state index in [2.05, 4.69) is 9.97 Å². The molecule has 168 valence electrons. The molecule has 2 aromatic heterocycles. The third kappa shape index (κ3) is 5.57. The zero-order valence-electron chi connectivity index (χ0n) is 18.4. The molecule has 3 aromatic rings. The topological polar surface area (TPSA) is 37.9 Å². The van der Waals surface area contributed by atoms with Crippen molar-refractivity contribution in [3.8, 4) is 5.88 Å². The average Bonchev–Trinajstić information content (AvgIpc) is 3.03. The molecule has 0 saturated heterocycles. The lowest BCUT2D eigenvalue weighted by molar-refractivity contribution is -0.179. The van der Waals surface area contributed by atoms with Gasteiger partial charge in [0.05, 0.1) is 23.7 Å². The molecule has 0 saturated carbocycles. The summed E-state index contributed by atoms with van der Waals surface area (Å²) in [7, 11) is 0. The normalized spacial score (nSPS) is 13.7. The van der Waals surface area contributed by atoms with Crippen LogP contribution in [-0.2, 0) is 11.8 Å². The maximum absolute atomic E-state index is 14.0. The average molecular weight is 436 g/mol. The van der Waals surface area contributed by atoms with E-state index in [9.17, 15) is 17.6 Å². The van der Waals surface area contributed by atoms with Gasteiger partial charge in [0.25, 0.3) is 0 Å². The molecule has 3 rings (SSSR count). The maximum atomic E-state index is 14.0. The van der Waals surface area contributed by atoms with Gasteiger partial charge in [-0.1, -0.05) is 19.9 Å². The summed E-state index contributed by atoms with van der Waals surface area (Å²) < 4.78 is 61.3. The van der Waals surface area contributed by atoms with E-state index in [-0.39, 0.29) is 18.9 Å². The molecular weight excluding hydrogens is 408 g/mol. The standard InChI is InChI=1S/C24H28F4N2O/c1-14(2)31-22-9-16-8-19(30-21(16)13-29-22)10-17(24(26,27)28)12-23(4,5)20-11-18(25)7-6-15(20)3/h6-9,11,13-14,17,30H,10,12H2,1-5H3. The van der Waals surface area contributed by atoms with Crippen molar-refractivity contribution >= 4 is 10.9 Å². The van der Waals surface area contributed by atoms with E-state index in [4.69, 9.17) is 4.74 Å². The molecule has 1 unspecified atom stereocenters. The summed E-state index contributed by atoms with van der Waals surface area (Å²) in [5.41, 5.74) is 1.66. The first-order valence-corrected chi connectivity index (χ1v) is 10.3. The first-order chi connectivity index (χ1) is 14.3. The zero-order valence-corrected chi connectivity index (χ0v) is 18.4. The molecule has 7 heteroatoms. The molecule has 1 atom stereocenters. The van der Waals surface area contributed by atoms with E-state index in [0.29, 0.717) is 22.7 Å².